The van der Waals surface area contributed by atoms with Gasteiger partial charge in [0.15, 0.2) is 0 Å². The zero-order chi connectivity index (χ0) is 14.4. The van der Waals surface area contributed by atoms with Gasteiger partial charge in [0.2, 0.25) is 0 Å². The molecular weight excluding hydrogens is 258 g/mol. The third-order valence-electron chi connectivity index (χ3n) is 3.29. The summed E-state index contributed by atoms with van der Waals surface area (Å²) in [7, 11) is 0. The lowest BCUT2D eigenvalue weighted by molar-refractivity contribution is 0.193. The molecule has 0 radical (unpaired) electrons. The van der Waals surface area contributed by atoms with Crippen LogP contribution in [0.2, 0.25) is 5.02 Å². The minimum Gasteiger partial charge on any atom is -0.489 e. The summed E-state index contributed by atoms with van der Waals surface area (Å²) in [5.74, 6) is 1.36. The largest absolute Gasteiger partial charge is 0.489 e. The van der Waals surface area contributed by atoms with Gasteiger partial charge in [0.1, 0.15) is 11.9 Å². The third kappa shape index (κ3) is 4.70. The highest BCUT2D eigenvalue weighted by atomic mass is 35.5. The molecule has 0 spiro atoms. The zero-order valence-electron chi connectivity index (χ0n) is 12.7. The Balaban J connectivity index is 2.90. The van der Waals surface area contributed by atoms with Crippen LogP contribution in [-0.2, 0) is 0 Å². The molecular formula is C16H26ClNO. The molecule has 0 aliphatic rings. The number of halogens is 1. The Bertz CT molecular complexity index is 404. The SMILES string of the molecule is CCNCC(CC)Oc1cc(C(C)C)c(Cl)cc1C. The molecule has 2 nitrogen and oxygen atoms in total. The quantitative estimate of drug-likeness (QED) is 0.793. The topological polar surface area (TPSA) is 21.3 Å². The standard InChI is InChI=1S/C16H26ClNO/c1-6-13(10-18-7-2)19-16-9-14(11(3)4)15(17)8-12(16)5/h8-9,11,13,18H,6-7,10H2,1-5H3. The van der Waals surface area contributed by atoms with Crippen molar-refractivity contribution < 1.29 is 4.74 Å². The highest BCUT2D eigenvalue weighted by Gasteiger charge is 2.13. The van der Waals surface area contributed by atoms with Crippen molar-refractivity contribution in [3.63, 3.8) is 0 Å². The number of nitrogens with one attached hydrogen (secondary N) is 1. The molecule has 0 heterocycles. The molecule has 0 aliphatic carbocycles. The summed E-state index contributed by atoms with van der Waals surface area (Å²) in [6.07, 6.45) is 1.20. The number of benzene rings is 1. The first-order valence-corrected chi connectivity index (χ1v) is 7.54. The Kier molecular flexibility index (Phi) is 6.67. The second kappa shape index (κ2) is 7.76. The van der Waals surface area contributed by atoms with Crippen LogP contribution in [0.1, 0.15) is 51.2 Å². The van der Waals surface area contributed by atoms with E-state index in [1.807, 2.05) is 13.0 Å². The molecule has 1 atom stereocenters. The number of rotatable bonds is 7. The van der Waals surface area contributed by atoms with Crippen LogP contribution in [0.25, 0.3) is 0 Å². The van der Waals surface area contributed by atoms with E-state index < -0.39 is 0 Å². The Labute approximate surface area is 122 Å². The van der Waals surface area contributed by atoms with E-state index in [0.29, 0.717) is 5.92 Å². The number of likely N-dealkylation sites (N-methyl/N-ethyl adjacent to an activating group) is 1. The highest BCUT2D eigenvalue weighted by Crippen LogP contribution is 2.32. The van der Waals surface area contributed by atoms with Crippen LogP contribution in [0.3, 0.4) is 0 Å². The van der Waals surface area contributed by atoms with E-state index in [9.17, 15) is 0 Å². The van der Waals surface area contributed by atoms with Crippen molar-refractivity contribution in [2.24, 2.45) is 0 Å². The molecule has 0 fully saturated rings. The van der Waals surface area contributed by atoms with Crippen LogP contribution in [0.15, 0.2) is 12.1 Å². The monoisotopic (exact) mass is 283 g/mol. The number of ether oxygens (including phenoxy) is 1. The van der Waals surface area contributed by atoms with Gasteiger partial charge >= 0.3 is 0 Å². The van der Waals surface area contributed by atoms with Gasteiger partial charge in [-0.25, -0.2) is 0 Å². The van der Waals surface area contributed by atoms with Crippen LogP contribution in [-0.4, -0.2) is 19.2 Å². The predicted molar refractivity (Wildman–Crippen MR) is 83.5 cm³/mol. The smallest absolute Gasteiger partial charge is 0.123 e. The molecule has 0 saturated carbocycles. The van der Waals surface area contributed by atoms with Crippen molar-refractivity contribution in [3.05, 3.63) is 28.3 Å². The van der Waals surface area contributed by atoms with Crippen molar-refractivity contribution in [2.45, 2.75) is 53.1 Å². The maximum absolute atomic E-state index is 6.28. The lowest BCUT2D eigenvalue weighted by Gasteiger charge is -2.21. The summed E-state index contributed by atoms with van der Waals surface area (Å²) in [5, 5.41) is 4.17. The van der Waals surface area contributed by atoms with Crippen LogP contribution >= 0.6 is 11.6 Å². The molecule has 1 aromatic rings. The van der Waals surface area contributed by atoms with Gasteiger partial charge in [-0.15, -0.1) is 0 Å². The van der Waals surface area contributed by atoms with E-state index >= 15 is 0 Å². The Morgan fingerprint density at radius 1 is 1.26 bits per heavy atom. The van der Waals surface area contributed by atoms with E-state index in [1.54, 1.807) is 0 Å². The molecule has 1 unspecified atom stereocenters. The molecule has 1 N–H and O–H groups in total. The molecule has 0 amide bonds. The van der Waals surface area contributed by atoms with Gasteiger partial charge in [0.05, 0.1) is 0 Å². The Hall–Kier alpha value is -0.730. The maximum atomic E-state index is 6.28. The first kappa shape index (κ1) is 16.3. The number of hydrogen-bond donors (Lipinski definition) is 1. The fourth-order valence-electron chi connectivity index (χ4n) is 1.99. The van der Waals surface area contributed by atoms with E-state index in [1.165, 1.54) is 0 Å². The maximum Gasteiger partial charge on any atom is 0.123 e. The summed E-state index contributed by atoms with van der Waals surface area (Å²) >= 11 is 6.28. The fraction of sp³-hybridized carbons (Fsp3) is 0.625. The van der Waals surface area contributed by atoms with Gasteiger partial charge in [0, 0.05) is 11.6 Å². The van der Waals surface area contributed by atoms with Crippen LogP contribution in [0.4, 0.5) is 0 Å². The van der Waals surface area contributed by atoms with E-state index in [2.05, 4.69) is 39.1 Å². The minimum atomic E-state index is 0.208. The van der Waals surface area contributed by atoms with Crippen molar-refractivity contribution in [1.29, 1.82) is 0 Å². The molecule has 1 aromatic carbocycles. The van der Waals surface area contributed by atoms with E-state index in [0.717, 1.165) is 41.4 Å². The number of hydrogen-bond acceptors (Lipinski definition) is 2. The normalized spacial score (nSPS) is 12.8. The van der Waals surface area contributed by atoms with Crippen molar-refractivity contribution in [1.82, 2.24) is 5.32 Å². The predicted octanol–water partition coefficient (Wildman–Crippen LogP) is 4.54. The summed E-state index contributed by atoms with van der Waals surface area (Å²) in [6.45, 7) is 12.5. The second-order valence-corrected chi connectivity index (χ2v) is 5.66. The number of aryl methyl sites for hydroxylation is 1. The van der Waals surface area contributed by atoms with Gasteiger partial charge in [0.25, 0.3) is 0 Å². The summed E-state index contributed by atoms with van der Waals surface area (Å²) in [6, 6.07) is 4.10. The van der Waals surface area contributed by atoms with E-state index in [-0.39, 0.29) is 6.10 Å². The molecule has 0 saturated heterocycles. The second-order valence-electron chi connectivity index (χ2n) is 5.25. The van der Waals surface area contributed by atoms with Gasteiger partial charge in [-0.1, -0.05) is 39.3 Å². The van der Waals surface area contributed by atoms with Gasteiger partial charge in [-0.2, -0.15) is 0 Å². The van der Waals surface area contributed by atoms with Gasteiger partial charge in [-0.05, 0) is 49.1 Å². The molecule has 108 valence electrons. The molecule has 0 aliphatic heterocycles. The first-order chi connectivity index (χ1) is 8.99. The summed E-state index contributed by atoms with van der Waals surface area (Å²) in [4.78, 5) is 0. The Morgan fingerprint density at radius 2 is 1.95 bits per heavy atom. The van der Waals surface area contributed by atoms with Gasteiger partial charge < -0.3 is 10.1 Å². The van der Waals surface area contributed by atoms with Gasteiger partial charge in [-0.3, -0.25) is 0 Å². The average molecular weight is 284 g/mol. The molecule has 3 heteroatoms. The average Bonchev–Trinajstić information content (AvgIpc) is 2.36. The minimum absolute atomic E-state index is 0.208. The fourth-order valence-corrected chi connectivity index (χ4v) is 2.43. The molecule has 1 rings (SSSR count). The molecule has 0 bridgehead atoms. The first-order valence-electron chi connectivity index (χ1n) is 7.16. The van der Waals surface area contributed by atoms with Crippen LogP contribution in [0.5, 0.6) is 5.75 Å². The van der Waals surface area contributed by atoms with Crippen LogP contribution < -0.4 is 10.1 Å². The molecule has 19 heavy (non-hydrogen) atoms. The lowest BCUT2D eigenvalue weighted by atomic mass is 10.0. The summed E-state index contributed by atoms with van der Waals surface area (Å²) < 4.78 is 6.12. The molecule has 0 aromatic heterocycles. The van der Waals surface area contributed by atoms with Crippen molar-refractivity contribution in [3.8, 4) is 5.75 Å². The summed E-state index contributed by atoms with van der Waals surface area (Å²) in [5.41, 5.74) is 2.25. The lowest BCUT2D eigenvalue weighted by Crippen LogP contribution is -2.30. The van der Waals surface area contributed by atoms with E-state index in [4.69, 9.17) is 16.3 Å². The van der Waals surface area contributed by atoms with Crippen LogP contribution in [0, 0.1) is 6.92 Å². The third-order valence-corrected chi connectivity index (χ3v) is 3.61. The van der Waals surface area contributed by atoms with Crippen molar-refractivity contribution >= 4 is 11.6 Å². The highest BCUT2D eigenvalue weighted by molar-refractivity contribution is 6.31. The Morgan fingerprint density at radius 3 is 2.47 bits per heavy atom. The van der Waals surface area contributed by atoms with Crippen molar-refractivity contribution in [2.75, 3.05) is 13.1 Å². The zero-order valence-corrected chi connectivity index (χ0v) is 13.5.